The minimum atomic E-state index is -0.919. The maximum atomic E-state index is 13.6. The molecule has 0 atom stereocenters. The van der Waals surface area contributed by atoms with E-state index in [2.05, 4.69) is 10.2 Å². The van der Waals surface area contributed by atoms with E-state index in [0.29, 0.717) is 11.3 Å². The number of rotatable bonds is 5. The number of esters is 1. The topological polar surface area (TPSA) is 104 Å². The lowest BCUT2D eigenvalue weighted by Crippen LogP contribution is -2.03. The van der Waals surface area contributed by atoms with Gasteiger partial charge in [0.05, 0.1) is 11.5 Å². The van der Waals surface area contributed by atoms with Gasteiger partial charge in [0.2, 0.25) is 10.8 Å². The Bertz CT molecular complexity index is 690. The summed E-state index contributed by atoms with van der Waals surface area (Å²) in [6, 6.07) is 3.28. The number of hydrogen-bond acceptors (Lipinski definition) is 8. The molecule has 2 aromatic rings. The molecule has 0 saturated heterocycles. The molecule has 0 spiro atoms. The number of nitro groups is 1. The summed E-state index contributed by atoms with van der Waals surface area (Å²) >= 11 is 0.697. The van der Waals surface area contributed by atoms with Crippen molar-refractivity contribution in [2.24, 2.45) is 0 Å². The Morgan fingerprint density at radius 2 is 2.24 bits per heavy atom. The average Bonchev–Trinajstić information content (AvgIpc) is 2.90. The number of carbonyl (C=O) groups is 1. The van der Waals surface area contributed by atoms with E-state index in [1.54, 1.807) is 6.92 Å². The van der Waals surface area contributed by atoms with Crippen LogP contribution in [0.1, 0.15) is 16.7 Å². The first-order valence-electron chi connectivity index (χ1n) is 5.64. The minimum absolute atomic E-state index is 0.0918. The zero-order valence-electron chi connectivity index (χ0n) is 10.6. The van der Waals surface area contributed by atoms with Gasteiger partial charge in [0.15, 0.2) is 5.82 Å². The van der Waals surface area contributed by atoms with Crippen molar-refractivity contribution >= 4 is 23.0 Å². The largest absolute Gasteiger partial charge is 0.461 e. The summed E-state index contributed by atoms with van der Waals surface area (Å²) in [6.07, 6.45) is 0. The highest BCUT2D eigenvalue weighted by Crippen LogP contribution is 2.34. The van der Waals surface area contributed by atoms with Gasteiger partial charge in [-0.3, -0.25) is 10.1 Å². The molecule has 0 fully saturated rings. The number of ether oxygens (including phenoxy) is 2. The quantitative estimate of drug-likeness (QED) is 0.474. The Kier molecular flexibility index (Phi) is 4.38. The zero-order valence-corrected chi connectivity index (χ0v) is 11.4. The summed E-state index contributed by atoms with van der Waals surface area (Å²) in [4.78, 5) is 21.4. The Labute approximate surface area is 121 Å². The fraction of sp³-hybridized carbons (Fsp3) is 0.182. The maximum Gasteiger partial charge on any atom is 0.369 e. The van der Waals surface area contributed by atoms with Crippen molar-refractivity contribution in [2.45, 2.75) is 6.92 Å². The number of nitrogens with zero attached hydrogens (tertiary/aromatic N) is 3. The molecule has 10 heteroatoms. The van der Waals surface area contributed by atoms with Crippen LogP contribution in [0.4, 0.5) is 10.1 Å². The van der Waals surface area contributed by atoms with Gasteiger partial charge in [-0.1, -0.05) is 11.2 Å². The van der Waals surface area contributed by atoms with Crippen molar-refractivity contribution in [3.8, 4) is 10.9 Å². The van der Waals surface area contributed by atoms with Gasteiger partial charge in [0.25, 0.3) is 5.19 Å². The maximum absolute atomic E-state index is 13.6. The predicted molar refractivity (Wildman–Crippen MR) is 69.0 cm³/mol. The van der Waals surface area contributed by atoms with Crippen molar-refractivity contribution in [3.63, 3.8) is 0 Å². The first-order valence-corrected chi connectivity index (χ1v) is 6.46. The van der Waals surface area contributed by atoms with Gasteiger partial charge < -0.3 is 9.47 Å². The summed E-state index contributed by atoms with van der Waals surface area (Å²) in [6.45, 7) is 1.78. The van der Waals surface area contributed by atoms with Crippen LogP contribution >= 0.6 is 11.3 Å². The predicted octanol–water partition coefficient (Wildman–Crippen LogP) is 2.55. The van der Waals surface area contributed by atoms with Crippen LogP contribution in [0.3, 0.4) is 0 Å². The van der Waals surface area contributed by atoms with Crippen LogP contribution in [-0.2, 0) is 4.74 Å². The van der Waals surface area contributed by atoms with Gasteiger partial charge in [-0.05, 0) is 24.3 Å². The molecular weight excluding hydrogens is 305 g/mol. The highest BCUT2D eigenvalue weighted by Gasteiger charge is 2.23. The normalized spacial score (nSPS) is 10.2. The second-order valence-corrected chi connectivity index (χ2v) is 4.48. The van der Waals surface area contributed by atoms with Crippen LogP contribution < -0.4 is 4.74 Å². The Morgan fingerprint density at radius 1 is 1.48 bits per heavy atom. The van der Waals surface area contributed by atoms with Gasteiger partial charge >= 0.3 is 11.7 Å². The van der Waals surface area contributed by atoms with Crippen molar-refractivity contribution < 1.29 is 23.6 Å². The van der Waals surface area contributed by atoms with Crippen molar-refractivity contribution in [3.05, 3.63) is 39.1 Å². The van der Waals surface area contributed by atoms with E-state index in [4.69, 9.17) is 9.47 Å². The van der Waals surface area contributed by atoms with Crippen molar-refractivity contribution in [2.75, 3.05) is 6.61 Å². The molecule has 1 heterocycles. The van der Waals surface area contributed by atoms with E-state index < -0.39 is 28.1 Å². The molecule has 0 N–H and O–H groups in total. The van der Waals surface area contributed by atoms with Gasteiger partial charge in [-0.25, -0.2) is 9.18 Å². The van der Waals surface area contributed by atoms with Crippen LogP contribution in [0.5, 0.6) is 10.9 Å². The third-order valence-corrected chi connectivity index (χ3v) is 2.97. The molecule has 0 unspecified atom stereocenters. The number of aromatic nitrogens is 2. The molecule has 110 valence electrons. The molecule has 2 rings (SSSR count). The standard InChI is InChI=1S/C11H8FN3O5S/c1-2-19-10(16)9-13-14-11(21-9)20-8-6(12)4-3-5-7(8)15(17)18/h3-5H,2H2,1H3. The minimum Gasteiger partial charge on any atom is -0.461 e. The average molecular weight is 313 g/mol. The molecule has 1 aromatic carbocycles. The molecule has 0 aliphatic heterocycles. The molecule has 0 aliphatic rings. The van der Waals surface area contributed by atoms with Gasteiger partial charge in [-0.15, -0.1) is 5.10 Å². The summed E-state index contributed by atoms with van der Waals surface area (Å²) < 4.78 is 23.4. The monoisotopic (exact) mass is 313 g/mol. The summed E-state index contributed by atoms with van der Waals surface area (Å²) in [5.41, 5.74) is -0.553. The molecule has 0 radical (unpaired) electrons. The number of halogens is 1. The number of benzene rings is 1. The molecule has 0 saturated carbocycles. The molecule has 8 nitrogen and oxygen atoms in total. The van der Waals surface area contributed by atoms with E-state index in [1.165, 1.54) is 6.07 Å². The van der Waals surface area contributed by atoms with Gasteiger partial charge in [0, 0.05) is 6.07 Å². The lowest BCUT2D eigenvalue weighted by Gasteiger charge is -2.02. The second-order valence-electron chi connectivity index (χ2n) is 3.54. The molecule has 21 heavy (non-hydrogen) atoms. The van der Waals surface area contributed by atoms with Crippen LogP contribution in [0.2, 0.25) is 0 Å². The van der Waals surface area contributed by atoms with Crippen molar-refractivity contribution in [1.29, 1.82) is 0 Å². The highest BCUT2D eigenvalue weighted by atomic mass is 32.1. The van der Waals surface area contributed by atoms with Crippen LogP contribution in [-0.4, -0.2) is 27.7 Å². The first-order chi connectivity index (χ1) is 10.0. The van der Waals surface area contributed by atoms with Crippen LogP contribution in [0, 0.1) is 15.9 Å². The third-order valence-electron chi connectivity index (χ3n) is 2.19. The molecular formula is C11H8FN3O5S. The smallest absolute Gasteiger partial charge is 0.369 e. The van der Waals surface area contributed by atoms with Crippen LogP contribution in [0.25, 0.3) is 0 Å². The number of nitro benzene ring substituents is 1. The van der Waals surface area contributed by atoms with Crippen molar-refractivity contribution in [1.82, 2.24) is 10.2 Å². The number of carbonyl (C=O) groups excluding carboxylic acids is 1. The summed E-state index contributed by atoms with van der Waals surface area (Å²) in [7, 11) is 0. The Balaban J connectivity index is 2.27. The molecule has 0 bridgehead atoms. The molecule has 0 aliphatic carbocycles. The highest BCUT2D eigenvalue weighted by molar-refractivity contribution is 7.14. The zero-order chi connectivity index (χ0) is 15.4. The Hall–Kier alpha value is -2.62. The van der Waals surface area contributed by atoms with E-state index in [0.717, 1.165) is 12.1 Å². The summed E-state index contributed by atoms with van der Waals surface area (Å²) in [5.74, 6) is -2.21. The first kappa shape index (κ1) is 14.8. The van der Waals surface area contributed by atoms with Gasteiger partial charge in [0.1, 0.15) is 0 Å². The number of para-hydroxylation sites is 1. The van der Waals surface area contributed by atoms with E-state index in [1.807, 2.05) is 0 Å². The van der Waals surface area contributed by atoms with E-state index >= 15 is 0 Å². The molecule has 1 aromatic heterocycles. The molecule has 0 amide bonds. The lowest BCUT2D eigenvalue weighted by molar-refractivity contribution is -0.385. The summed E-state index contributed by atoms with van der Waals surface area (Å²) in [5, 5.41) is 17.5. The third kappa shape index (κ3) is 3.28. The fourth-order valence-corrected chi connectivity index (χ4v) is 1.95. The van der Waals surface area contributed by atoms with Crippen LogP contribution in [0.15, 0.2) is 18.2 Å². The van der Waals surface area contributed by atoms with Gasteiger partial charge in [-0.2, -0.15) is 0 Å². The fourth-order valence-electron chi connectivity index (χ4n) is 1.36. The Morgan fingerprint density at radius 3 is 2.90 bits per heavy atom. The van der Waals surface area contributed by atoms with E-state index in [-0.39, 0.29) is 16.8 Å². The lowest BCUT2D eigenvalue weighted by atomic mass is 10.3. The second kappa shape index (κ2) is 6.22. The van der Waals surface area contributed by atoms with E-state index in [9.17, 15) is 19.3 Å². The number of hydrogen-bond donors (Lipinski definition) is 0. The SMILES string of the molecule is CCOC(=O)c1nnc(Oc2c(F)cccc2[N+](=O)[O-])s1.